The number of ether oxygens (including phenoxy) is 1. The Hall–Kier alpha value is -1.09. The van der Waals surface area contributed by atoms with Gasteiger partial charge in [0.2, 0.25) is 0 Å². The number of aliphatic hydroxyl groups is 2. The molecule has 8 heteroatoms. The first kappa shape index (κ1) is 15.0. The topological polar surface area (TPSA) is 87.5 Å². The van der Waals surface area contributed by atoms with Crippen LogP contribution < -0.4 is 5.56 Å². The fraction of sp³-hybridized carbons (Fsp3) is 0.600. The summed E-state index contributed by atoms with van der Waals surface area (Å²) in [5.74, 6) is 0. The zero-order valence-electron chi connectivity index (χ0n) is 9.75. The van der Waals surface area contributed by atoms with Crippen LogP contribution in [0.5, 0.6) is 0 Å². The highest BCUT2D eigenvalue weighted by atomic mass is 32.1. The predicted molar refractivity (Wildman–Crippen MR) is 64.5 cm³/mol. The van der Waals surface area contributed by atoms with E-state index in [1.165, 1.54) is 16.8 Å². The number of hydrogen-bond donors (Lipinski definition) is 3. The van der Waals surface area contributed by atoms with E-state index in [2.05, 4.69) is 4.98 Å². The van der Waals surface area contributed by atoms with E-state index in [-0.39, 0.29) is 10.3 Å². The monoisotopic (exact) mass is 278 g/mol. The first-order valence-electron chi connectivity index (χ1n) is 5.31. The van der Waals surface area contributed by atoms with Gasteiger partial charge in [-0.05, 0) is 19.1 Å². The molecular formula is C10H15FN2O4S. The van der Waals surface area contributed by atoms with Crippen LogP contribution >= 0.6 is 12.2 Å². The minimum Gasteiger partial charge on any atom is -0.394 e. The smallest absolute Gasteiger partial charge is 0.251 e. The summed E-state index contributed by atoms with van der Waals surface area (Å²) in [6.45, 7) is 0.0583. The SMILES string of the molecule is CC(O[C@H](CO)[C@@H](O)CF)n1ccc(=O)[nH]c1=S. The maximum absolute atomic E-state index is 12.3. The van der Waals surface area contributed by atoms with Crippen molar-refractivity contribution in [1.82, 2.24) is 9.55 Å². The van der Waals surface area contributed by atoms with Crippen molar-refractivity contribution in [2.45, 2.75) is 25.4 Å². The Balaban J connectivity index is 2.84. The highest BCUT2D eigenvalue weighted by Crippen LogP contribution is 2.12. The van der Waals surface area contributed by atoms with Crippen molar-refractivity contribution in [3.8, 4) is 0 Å². The number of nitrogens with one attached hydrogen (secondary N) is 1. The number of aliphatic hydroxyl groups excluding tert-OH is 2. The average Bonchev–Trinajstić information content (AvgIpc) is 2.34. The average molecular weight is 278 g/mol. The van der Waals surface area contributed by atoms with E-state index < -0.39 is 31.7 Å². The Bertz CT molecular complexity index is 489. The second-order valence-corrected chi connectivity index (χ2v) is 4.08. The van der Waals surface area contributed by atoms with Gasteiger partial charge < -0.3 is 14.9 Å². The Kier molecular flexibility index (Phi) is 5.60. The summed E-state index contributed by atoms with van der Waals surface area (Å²) in [7, 11) is 0. The summed E-state index contributed by atoms with van der Waals surface area (Å²) < 4.78 is 19.1. The fourth-order valence-corrected chi connectivity index (χ4v) is 1.70. The largest absolute Gasteiger partial charge is 0.394 e. The van der Waals surface area contributed by atoms with Crippen LogP contribution in [0.25, 0.3) is 0 Å². The molecule has 0 aromatic carbocycles. The molecule has 0 aliphatic rings. The second-order valence-electron chi connectivity index (χ2n) is 3.70. The predicted octanol–water partition coefficient (Wildman–Crippen LogP) is 0.132. The van der Waals surface area contributed by atoms with Crippen molar-refractivity contribution >= 4 is 12.2 Å². The molecular weight excluding hydrogens is 263 g/mol. The molecule has 0 saturated carbocycles. The van der Waals surface area contributed by atoms with Gasteiger partial charge in [-0.3, -0.25) is 14.3 Å². The number of hydrogen-bond acceptors (Lipinski definition) is 5. The molecule has 0 aliphatic heterocycles. The van der Waals surface area contributed by atoms with E-state index in [9.17, 15) is 14.3 Å². The third kappa shape index (κ3) is 3.70. The van der Waals surface area contributed by atoms with Crippen molar-refractivity contribution in [2.24, 2.45) is 0 Å². The summed E-state index contributed by atoms with van der Waals surface area (Å²) in [5.41, 5.74) is -0.342. The summed E-state index contributed by atoms with van der Waals surface area (Å²) >= 11 is 4.93. The van der Waals surface area contributed by atoms with Crippen LogP contribution in [0.4, 0.5) is 4.39 Å². The highest BCUT2D eigenvalue weighted by Gasteiger charge is 2.22. The van der Waals surface area contributed by atoms with Gasteiger partial charge in [-0.15, -0.1) is 0 Å². The van der Waals surface area contributed by atoms with Gasteiger partial charge in [-0.25, -0.2) is 4.39 Å². The van der Waals surface area contributed by atoms with Crippen LogP contribution in [0.2, 0.25) is 0 Å². The van der Waals surface area contributed by atoms with Crippen LogP contribution in [0.1, 0.15) is 13.2 Å². The minimum atomic E-state index is -1.41. The number of H-pyrrole nitrogens is 1. The Morgan fingerprint density at radius 1 is 1.67 bits per heavy atom. The standard InChI is InChI=1S/C10H15FN2O4S/c1-6(17-8(5-14)7(15)4-11)13-3-2-9(16)12-10(13)18/h2-3,6-8,14-15H,4-5H2,1H3,(H,12,16,18)/t6?,7-,8+/m0/s1. The van der Waals surface area contributed by atoms with Gasteiger partial charge in [-0.2, -0.15) is 0 Å². The summed E-state index contributed by atoms with van der Waals surface area (Å²) in [6.07, 6.45) is -1.71. The van der Waals surface area contributed by atoms with Gasteiger partial charge in [0.05, 0.1) is 6.61 Å². The number of nitrogens with zero attached hydrogens (tertiary/aromatic N) is 1. The quantitative estimate of drug-likeness (QED) is 0.644. The van der Waals surface area contributed by atoms with Crippen LogP contribution in [0.3, 0.4) is 0 Å². The van der Waals surface area contributed by atoms with E-state index in [0.717, 1.165) is 0 Å². The molecule has 0 bridgehead atoms. The van der Waals surface area contributed by atoms with Gasteiger partial charge >= 0.3 is 0 Å². The molecule has 18 heavy (non-hydrogen) atoms. The lowest BCUT2D eigenvalue weighted by atomic mass is 10.2. The third-order valence-corrected chi connectivity index (χ3v) is 2.69. The Labute approximate surface area is 108 Å². The number of aromatic amines is 1. The zero-order valence-corrected chi connectivity index (χ0v) is 10.6. The molecule has 0 radical (unpaired) electrons. The highest BCUT2D eigenvalue weighted by molar-refractivity contribution is 7.71. The van der Waals surface area contributed by atoms with Crippen LogP contribution in [-0.2, 0) is 4.74 Å². The molecule has 1 unspecified atom stereocenters. The van der Waals surface area contributed by atoms with Crippen LogP contribution in [-0.4, -0.2) is 45.3 Å². The molecule has 102 valence electrons. The van der Waals surface area contributed by atoms with Crippen molar-refractivity contribution in [3.63, 3.8) is 0 Å². The maximum atomic E-state index is 12.3. The second kappa shape index (κ2) is 6.74. The molecule has 3 atom stereocenters. The maximum Gasteiger partial charge on any atom is 0.251 e. The van der Waals surface area contributed by atoms with Gasteiger partial charge in [-0.1, -0.05) is 0 Å². The lowest BCUT2D eigenvalue weighted by Crippen LogP contribution is -2.36. The Morgan fingerprint density at radius 2 is 2.33 bits per heavy atom. The molecule has 1 aromatic rings. The number of rotatable bonds is 6. The molecule has 6 nitrogen and oxygen atoms in total. The van der Waals surface area contributed by atoms with Gasteiger partial charge in [0.15, 0.2) is 4.77 Å². The number of alkyl halides is 1. The van der Waals surface area contributed by atoms with Crippen molar-refractivity contribution < 1.29 is 19.3 Å². The molecule has 1 heterocycles. The van der Waals surface area contributed by atoms with E-state index in [0.29, 0.717) is 0 Å². The summed E-state index contributed by atoms with van der Waals surface area (Å²) in [5, 5.41) is 18.3. The molecule has 0 aliphatic carbocycles. The van der Waals surface area contributed by atoms with Crippen LogP contribution in [0, 0.1) is 4.77 Å². The van der Waals surface area contributed by atoms with Gasteiger partial charge in [0, 0.05) is 12.3 Å². The lowest BCUT2D eigenvalue weighted by molar-refractivity contribution is -0.121. The van der Waals surface area contributed by atoms with E-state index in [1.54, 1.807) is 6.92 Å². The molecule has 1 rings (SSSR count). The Morgan fingerprint density at radius 3 is 2.83 bits per heavy atom. The fourth-order valence-electron chi connectivity index (χ4n) is 1.39. The van der Waals surface area contributed by atoms with Crippen molar-refractivity contribution in [3.05, 3.63) is 27.4 Å². The third-order valence-electron chi connectivity index (χ3n) is 2.38. The molecule has 1 aromatic heterocycles. The number of halogens is 1. The van der Waals surface area contributed by atoms with Crippen LogP contribution in [0.15, 0.2) is 17.1 Å². The van der Waals surface area contributed by atoms with Gasteiger partial charge in [0.25, 0.3) is 5.56 Å². The summed E-state index contributed by atoms with van der Waals surface area (Å²) in [4.78, 5) is 13.4. The van der Waals surface area contributed by atoms with E-state index in [1.807, 2.05) is 0 Å². The zero-order chi connectivity index (χ0) is 13.7. The lowest BCUT2D eigenvalue weighted by Gasteiger charge is -2.24. The van der Waals surface area contributed by atoms with Crippen molar-refractivity contribution in [2.75, 3.05) is 13.3 Å². The first-order valence-corrected chi connectivity index (χ1v) is 5.72. The molecule has 0 amide bonds. The van der Waals surface area contributed by atoms with Crippen molar-refractivity contribution in [1.29, 1.82) is 0 Å². The minimum absolute atomic E-state index is 0.140. The van der Waals surface area contributed by atoms with E-state index in [4.69, 9.17) is 22.1 Å². The molecule has 0 spiro atoms. The van der Waals surface area contributed by atoms with E-state index >= 15 is 0 Å². The molecule has 3 N–H and O–H groups in total. The molecule has 0 saturated heterocycles. The normalized spacial score (nSPS) is 16.2. The number of aromatic nitrogens is 2. The van der Waals surface area contributed by atoms with Gasteiger partial charge in [0.1, 0.15) is 25.1 Å². The summed E-state index contributed by atoms with van der Waals surface area (Å²) in [6, 6.07) is 1.26. The molecule has 0 fully saturated rings. The first-order chi connectivity index (χ1) is 8.49.